The van der Waals surface area contributed by atoms with Gasteiger partial charge in [-0.1, -0.05) is 0 Å². The second-order valence-electron chi connectivity index (χ2n) is 5.25. The van der Waals surface area contributed by atoms with E-state index in [1.54, 1.807) is 4.90 Å². The van der Waals surface area contributed by atoms with Gasteiger partial charge in [0.2, 0.25) is 15.9 Å². The average Bonchev–Trinajstić information content (AvgIpc) is 2.52. The molecule has 1 amide bonds. The summed E-state index contributed by atoms with van der Waals surface area (Å²) in [4.78, 5) is 12.9. The molecule has 0 atom stereocenters. The van der Waals surface area contributed by atoms with Crippen molar-refractivity contribution in [3.05, 3.63) is 29.8 Å². The van der Waals surface area contributed by atoms with Crippen LogP contribution < -0.4 is 5.73 Å². The zero-order valence-electron chi connectivity index (χ0n) is 12.5. The van der Waals surface area contributed by atoms with Crippen LogP contribution in [0.15, 0.2) is 23.1 Å². The van der Waals surface area contributed by atoms with Crippen molar-refractivity contribution in [2.75, 3.05) is 32.7 Å². The molecule has 1 aliphatic rings. The highest BCUT2D eigenvalue weighted by Gasteiger charge is 2.31. The highest BCUT2D eigenvalue weighted by atomic mass is 32.2. The lowest BCUT2D eigenvalue weighted by Gasteiger charge is -2.34. The van der Waals surface area contributed by atoms with Gasteiger partial charge in [0.05, 0.1) is 0 Å². The average molecular weight is 347 g/mol. The Morgan fingerprint density at radius 3 is 2.39 bits per heavy atom. The molecule has 1 fully saturated rings. The summed E-state index contributed by atoms with van der Waals surface area (Å²) in [5, 5.41) is 0. The molecular weight excluding hydrogens is 328 g/mol. The van der Waals surface area contributed by atoms with E-state index < -0.39 is 26.6 Å². The van der Waals surface area contributed by atoms with E-state index >= 15 is 0 Å². The lowest BCUT2D eigenvalue weighted by atomic mass is 10.2. The standard InChI is InChI=1S/C14H19F2N3O3S/c15-11-3-4-13(12(16)10-11)23(21,22)19-8-6-18(7-9-19)14(20)2-1-5-17/h3-4,10H,1-2,5-9,17H2. The van der Waals surface area contributed by atoms with E-state index in [0.717, 1.165) is 16.4 Å². The van der Waals surface area contributed by atoms with Crippen LogP contribution in [0.2, 0.25) is 0 Å². The third-order valence-corrected chi connectivity index (χ3v) is 5.63. The molecule has 1 heterocycles. The summed E-state index contributed by atoms with van der Waals surface area (Å²) in [5.74, 6) is -2.02. The summed E-state index contributed by atoms with van der Waals surface area (Å²) in [6.45, 7) is 1.06. The molecule has 0 bridgehead atoms. The normalized spacial score (nSPS) is 16.6. The molecule has 1 aromatic rings. The molecule has 128 valence electrons. The first kappa shape index (κ1) is 17.8. The van der Waals surface area contributed by atoms with Crippen LogP contribution >= 0.6 is 0 Å². The van der Waals surface area contributed by atoms with Crippen molar-refractivity contribution in [1.29, 1.82) is 0 Å². The first-order valence-corrected chi connectivity index (χ1v) is 8.73. The van der Waals surface area contributed by atoms with Crippen LogP contribution in [0, 0.1) is 11.6 Å². The van der Waals surface area contributed by atoms with Crippen molar-refractivity contribution in [2.24, 2.45) is 5.73 Å². The summed E-state index contributed by atoms with van der Waals surface area (Å²) in [5.41, 5.74) is 5.35. The van der Waals surface area contributed by atoms with Gasteiger partial charge in [-0.3, -0.25) is 4.79 Å². The minimum atomic E-state index is -4.04. The van der Waals surface area contributed by atoms with Gasteiger partial charge in [0.15, 0.2) is 0 Å². The van der Waals surface area contributed by atoms with Gasteiger partial charge in [0.1, 0.15) is 16.5 Å². The van der Waals surface area contributed by atoms with Gasteiger partial charge in [0, 0.05) is 38.7 Å². The Balaban J connectivity index is 2.05. The predicted octanol–water partition coefficient (Wildman–Crippen LogP) is 0.537. The van der Waals surface area contributed by atoms with Crippen LogP contribution in [0.3, 0.4) is 0 Å². The molecule has 1 aliphatic heterocycles. The fraction of sp³-hybridized carbons (Fsp3) is 0.500. The third kappa shape index (κ3) is 4.04. The number of sulfonamides is 1. The van der Waals surface area contributed by atoms with Crippen molar-refractivity contribution >= 4 is 15.9 Å². The number of carbonyl (C=O) groups is 1. The maximum absolute atomic E-state index is 13.7. The quantitative estimate of drug-likeness (QED) is 0.842. The number of rotatable bonds is 5. The molecule has 2 N–H and O–H groups in total. The van der Waals surface area contributed by atoms with E-state index in [9.17, 15) is 22.0 Å². The predicted molar refractivity (Wildman–Crippen MR) is 80.0 cm³/mol. The minimum Gasteiger partial charge on any atom is -0.340 e. The molecule has 6 nitrogen and oxygen atoms in total. The van der Waals surface area contributed by atoms with Gasteiger partial charge < -0.3 is 10.6 Å². The monoisotopic (exact) mass is 347 g/mol. The van der Waals surface area contributed by atoms with Crippen molar-refractivity contribution < 1.29 is 22.0 Å². The fourth-order valence-corrected chi connectivity index (χ4v) is 3.88. The summed E-state index contributed by atoms with van der Waals surface area (Å²) in [6.07, 6.45) is 0.911. The second-order valence-corrected chi connectivity index (χ2v) is 7.16. The Bertz CT molecular complexity index is 674. The molecule has 0 spiro atoms. The van der Waals surface area contributed by atoms with Crippen LogP contribution in [0.5, 0.6) is 0 Å². The SMILES string of the molecule is NCCCC(=O)N1CCN(S(=O)(=O)c2ccc(F)cc2F)CC1. The molecule has 0 aliphatic carbocycles. The lowest BCUT2D eigenvalue weighted by Crippen LogP contribution is -2.50. The van der Waals surface area contributed by atoms with Gasteiger partial charge in [-0.25, -0.2) is 17.2 Å². The largest absolute Gasteiger partial charge is 0.340 e. The number of amides is 1. The maximum Gasteiger partial charge on any atom is 0.246 e. The molecule has 1 aromatic carbocycles. The van der Waals surface area contributed by atoms with Crippen molar-refractivity contribution in [2.45, 2.75) is 17.7 Å². The van der Waals surface area contributed by atoms with E-state index in [1.807, 2.05) is 0 Å². The second kappa shape index (κ2) is 7.33. The Morgan fingerprint density at radius 2 is 1.83 bits per heavy atom. The Hall–Kier alpha value is -1.58. The highest BCUT2D eigenvalue weighted by molar-refractivity contribution is 7.89. The summed E-state index contributed by atoms with van der Waals surface area (Å²) in [7, 11) is -4.04. The third-order valence-electron chi connectivity index (χ3n) is 3.70. The van der Waals surface area contributed by atoms with Gasteiger partial charge in [-0.2, -0.15) is 4.31 Å². The van der Waals surface area contributed by atoms with Gasteiger partial charge >= 0.3 is 0 Å². The number of nitrogens with two attached hydrogens (primary N) is 1. The summed E-state index contributed by atoms with van der Waals surface area (Å²) in [6, 6.07) is 2.36. The number of carbonyl (C=O) groups excluding carboxylic acids is 1. The summed E-state index contributed by atoms with van der Waals surface area (Å²) >= 11 is 0. The first-order valence-electron chi connectivity index (χ1n) is 7.29. The van der Waals surface area contributed by atoms with Crippen LogP contribution in [0.4, 0.5) is 8.78 Å². The van der Waals surface area contributed by atoms with E-state index in [2.05, 4.69) is 0 Å². The molecule has 0 radical (unpaired) electrons. The molecule has 9 heteroatoms. The molecule has 2 rings (SSSR count). The molecular formula is C14H19F2N3O3S. The number of hydrogen-bond acceptors (Lipinski definition) is 4. The Labute approximate surface area is 133 Å². The van der Waals surface area contributed by atoms with E-state index in [-0.39, 0.29) is 32.1 Å². The zero-order valence-corrected chi connectivity index (χ0v) is 13.4. The molecule has 0 saturated carbocycles. The topological polar surface area (TPSA) is 83.7 Å². The molecule has 0 aromatic heterocycles. The fourth-order valence-electron chi connectivity index (χ4n) is 2.41. The number of benzene rings is 1. The zero-order chi connectivity index (χ0) is 17.0. The van der Waals surface area contributed by atoms with Crippen molar-refractivity contribution in [1.82, 2.24) is 9.21 Å². The van der Waals surface area contributed by atoms with E-state index in [0.29, 0.717) is 25.5 Å². The van der Waals surface area contributed by atoms with Crippen LogP contribution in [0.25, 0.3) is 0 Å². The summed E-state index contributed by atoms with van der Waals surface area (Å²) < 4.78 is 52.6. The smallest absolute Gasteiger partial charge is 0.246 e. The van der Waals surface area contributed by atoms with Gasteiger partial charge in [-0.15, -0.1) is 0 Å². The highest BCUT2D eigenvalue weighted by Crippen LogP contribution is 2.21. The molecule has 23 heavy (non-hydrogen) atoms. The van der Waals surface area contributed by atoms with E-state index in [1.165, 1.54) is 0 Å². The number of hydrogen-bond donors (Lipinski definition) is 1. The lowest BCUT2D eigenvalue weighted by molar-refractivity contribution is -0.132. The molecule has 0 unspecified atom stereocenters. The Kier molecular flexibility index (Phi) is 5.66. The van der Waals surface area contributed by atoms with Crippen molar-refractivity contribution in [3.8, 4) is 0 Å². The molecule has 1 saturated heterocycles. The number of piperazine rings is 1. The van der Waals surface area contributed by atoms with Gasteiger partial charge in [-0.05, 0) is 25.1 Å². The minimum absolute atomic E-state index is 0.0690. The number of nitrogens with zero attached hydrogens (tertiary/aromatic N) is 2. The van der Waals surface area contributed by atoms with Crippen LogP contribution in [-0.4, -0.2) is 56.3 Å². The maximum atomic E-state index is 13.7. The number of halogens is 2. The Morgan fingerprint density at radius 1 is 1.17 bits per heavy atom. The van der Waals surface area contributed by atoms with Crippen molar-refractivity contribution in [3.63, 3.8) is 0 Å². The van der Waals surface area contributed by atoms with E-state index in [4.69, 9.17) is 5.73 Å². The van der Waals surface area contributed by atoms with Crippen LogP contribution in [0.1, 0.15) is 12.8 Å². The van der Waals surface area contributed by atoms with Gasteiger partial charge in [0.25, 0.3) is 0 Å². The van der Waals surface area contributed by atoms with Crippen LogP contribution in [-0.2, 0) is 14.8 Å². The first-order chi connectivity index (χ1) is 10.9.